The Morgan fingerprint density at radius 1 is 1.32 bits per heavy atom. The molecule has 0 bridgehead atoms. The van der Waals surface area contributed by atoms with Crippen molar-refractivity contribution < 1.29 is 13.2 Å². The maximum absolute atomic E-state index is 11.6. The third kappa shape index (κ3) is 4.70. The van der Waals surface area contributed by atoms with Crippen molar-refractivity contribution >= 4 is 9.84 Å². The van der Waals surface area contributed by atoms with Gasteiger partial charge in [0.1, 0.15) is 9.84 Å². The minimum Gasteiger partial charge on any atom is -0.383 e. The lowest BCUT2D eigenvalue weighted by molar-refractivity contribution is 0.0428. The Labute approximate surface area is 117 Å². The Morgan fingerprint density at radius 2 is 1.89 bits per heavy atom. The van der Waals surface area contributed by atoms with Gasteiger partial charge < -0.3 is 10.5 Å². The zero-order valence-electron chi connectivity index (χ0n) is 12.4. The van der Waals surface area contributed by atoms with Crippen molar-refractivity contribution in [2.45, 2.75) is 32.2 Å². The highest BCUT2D eigenvalue weighted by Gasteiger charge is 2.40. The van der Waals surface area contributed by atoms with Crippen molar-refractivity contribution in [3.05, 3.63) is 0 Å². The average Bonchev–Trinajstić information content (AvgIpc) is 2.35. The second kappa shape index (κ2) is 7.02. The number of rotatable bonds is 7. The number of ether oxygens (including phenoxy) is 1. The quantitative estimate of drug-likeness (QED) is 0.739. The molecule has 0 aromatic rings. The van der Waals surface area contributed by atoms with Crippen LogP contribution < -0.4 is 5.73 Å². The molecule has 5 nitrogen and oxygen atoms in total. The van der Waals surface area contributed by atoms with Gasteiger partial charge in [-0.05, 0) is 18.8 Å². The number of sulfone groups is 1. The lowest BCUT2D eigenvalue weighted by atomic mass is 9.89. The molecule has 0 aromatic carbocycles. The SMILES string of the molecule is COCCN(CC(C)C)C1(CN)CCS(=O)(=O)CC1. The van der Waals surface area contributed by atoms with Crippen LogP contribution >= 0.6 is 0 Å². The molecule has 1 aliphatic heterocycles. The van der Waals surface area contributed by atoms with Crippen LogP contribution in [0.25, 0.3) is 0 Å². The zero-order chi connectivity index (χ0) is 14.5. The predicted molar refractivity (Wildman–Crippen MR) is 78.0 cm³/mol. The van der Waals surface area contributed by atoms with Gasteiger partial charge >= 0.3 is 0 Å². The van der Waals surface area contributed by atoms with Gasteiger partial charge in [0.2, 0.25) is 0 Å². The average molecular weight is 292 g/mol. The Bertz CT molecular complexity index is 354. The normalized spacial score (nSPS) is 22.0. The number of nitrogens with two attached hydrogens (primary N) is 1. The van der Waals surface area contributed by atoms with Gasteiger partial charge in [-0.1, -0.05) is 13.8 Å². The van der Waals surface area contributed by atoms with Gasteiger partial charge in [0.25, 0.3) is 0 Å². The molecule has 19 heavy (non-hydrogen) atoms. The van der Waals surface area contributed by atoms with E-state index >= 15 is 0 Å². The number of nitrogens with zero attached hydrogens (tertiary/aromatic N) is 1. The summed E-state index contributed by atoms with van der Waals surface area (Å²) < 4.78 is 28.4. The Morgan fingerprint density at radius 3 is 2.32 bits per heavy atom. The van der Waals surface area contributed by atoms with Crippen molar-refractivity contribution in [2.75, 3.05) is 44.9 Å². The fraction of sp³-hybridized carbons (Fsp3) is 1.00. The lowest BCUT2D eigenvalue weighted by Gasteiger charge is -2.46. The molecule has 0 saturated carbocycles. The van der Waals surface area contributed by atoms with E-state index in [0.29, 0.717) is 31.9 Å². The lowest BCUT2D eigenvalue weighted by Crippen LogP contribution is -2.59. The molecule has 1 fully saturated rings. The number of hydrogen-bond acceptors (Lipinski definition) is 5. The minimum absolute atomic E-state index is 0.172. The van der Waals surface area contributed by atoms with E-state index in [-0.39, 0.29) is 17.0 Å². The van der Waals surface area contributed by atoms with Gasteiger partial charge in [-0.3, -0.25) is 4.90 Å². The summed E-state index contributed by atoms with van der Waals surface area (Å²) in [6.45, 7) is 7.25. The van der Waals surface area contributed by atoms with Crippen LogP contribution in [0.1, 0.15) is 26.7 Å². The largest absolute Gasteiger partial charge is 0.383 e. The molecule has 1 aliphatic rings. The Kier molecular flexibility index (Phi) is 6.23. The van der Waals surface area contributed by atoms with Crippen LogP contribution in [0, 0.1) is 5.92 Å². The van der Waals surface area contributed by atoms with Crippen LogP contribution in [-0.4, -0.2) is 63.7 Å². The summed E-state index contributed by atoms with van der Waals surface area (Å²) in [4.78, 5) is 2.34. The second-order valence-corrected chi connectivity index (χ2v) is 8.22. The van der Waals surface area contributed by atoms with E-state index in [4.69, 9.17) is 10.5 Å². The number of hydrogen-bond donors (Lipinski definition) is 1. The first-order valence-corrected chi connectivity index (χ1v) is 8.82. The van der Waals surface area contributed by atoms with Crippen LogP contribution in [-0.2, 0) is 14.6 Å². The van der Waals surface area contributed by atoms with Crippen molar-refractivity contribution in [1.82, 2.24) is 4.90 Å². The van der Waals surface area contributed by atoms with Crippen LogP contribution in [0.2, 0.25) is 0 Å². The maximum Gasteiger partial charge on any atom is 0.150 e. The van der Waals surface area contributed by atoms with Crippen molar-refractivity contribution in [3.63, 3.8) is 0 Å². The molecule has 6 heteroatoms. The highest BCUT2D eigenvalue weighted by Crippen LogP contribution is 2.30. The molecular formula is C13H28N2O3S. The highest BCUT2D eigenvalue weighted by molar-refractivity contribution is 7.91. The van der Waals surface area contributed by atoms with Gasteiger partial charge in [0.15, 0.2) is 0 Å². The maximum atomic E-state index is 11.6. The first kappa shape index (κ1) is 16.9. The molecule has 0 spiro atoms. The molecular weight excluding hydrogens is 264 g/mol. The van der Waals surface area contributed by atoms with E-state index < -0.39 is 9.84 Å². The van der Waals surface area contributed by atoms with E-state index in [0.717, 1.165) is 13.1 Å². The molecule has 1 saturated heterocycles. The molecule has 1 heterocycles. The third-order valence-corrected chi connectivity index (χ3v) is 5.61. The zero-order valence-corrected chi connectivity index (χ0v) is 13.2. The summed E-state index contributed by atoms with van der Waals surface area (Å²) in [5.41, 5.74) is 5.83. The first-order chi connectivity index (χ1) is 8.85. The monoisotopic (exact) mass is 292 g/mol. The molecule has 0 aliphatic carbocycles. The van der Waals surface area contributed by atoms with Gasteiger partial charge in [0.05, 0.1) is 18.1 Å². The summed E-state index contributed by atoms with van der Waals surface area (Å²) >= 11 is 0. The molecule has 1 rings (SSSR count). The van der Waals surface area contributed by atoms with Gasteiger partial charge in [0, 0.05) is 32.3 Å². The predicted octanol–water partition coefficient (Wildman–Crippen LogP) is 0.497. The molecule has 0 amide bonds. The Hall–Kier alpha value is -0.170. The van der Waals surface area contributed by atoms with E-state index in [2.05, 4.69) is 18.7 Å². The van der Waals surface area contributed by atoms with Gasteiger partial charge in [-0.25, -0.2) is 8.42 Å². The molecule has 0 radical (unpaired) electrons. The second-order valence-electron chi connectivity index (χ2n) is 5.91. The van der Waals surface area contributed by atoms with E-state index in [1.807, 2.05) is 0 Å². The van der Waals surface area contributed by atoms with Crippen LogP contribution in [0.3, 0.4) is 0 Å². The summed E-state index contributed by atoms with van der Waals surface area (Å²) in [5, 5.41) is 0. The van der Waals surface area contributed by atoms with Gasteiger partial charge in [-0.2, -0.15) is 0 Å². The molecule has 0 aromatic heterocycles. The van der Waals surface area contributed by atoms with Crippen molar-refractivity contribution in [1.29, 1.82) is 0 Å². The van der Waals surface area contributed by atoms with Crippen molar-refractivity contribution in [3.8, 4) is 0 Å². The fourth-order valence-corrected chi connectivity index (χ4v) is 4.32. The molecule has 2 N–H and O–H groups in total. The van der Waals surface area contributed by atoms with E-state index in [1.54, 1.807) is 7.11 Å². The summed E-state index contributed by atoms with van der Waals surface area (Å²) in [5.74, 6) is 1.04. The standard InChI is InChI=1S/C13H28N2O3S/c1-12(2)10-15(6-7-18-3)13(11-14)4-8-19(16,17)9-5-13/h12H,4-11,14H2,1-3H3. The smallest absolute Gasteiger partial charge is 0.150 e. The molecule has 0 atom stereocenters. The van der Waals surface area contributed by atoms with Gasteiger partial charge in [-0.15, -0.1) is 0 Å². The molecule has 114 valence electrons. The van der Waals surface area contributed by atoms with Crippen LogP contribution in [0.5, 0.6) is 0 Å². The van der Waals surface area contributed by atoms with Crippen LogP contribution in [0.4, 0.5) is 0 Å². The fourth-order valence-electron chi connectivity index (χ4n) is 2.73. The minimum atomic E-state index is -2.86. The topological polar surface area (TPSA) is 72.6 Å². The summed E-state index contributed by atoms with van der Waals surface area (Å²) in [6.07, 6.45) is 1.28. The Balaban J connectivity index is 2.82. The number of methoxy groups -OCH3 is 1. The van der Waals surface area contributed by atoms with E-state index in [1.165, 1.54) is 0 Å². The highest BCUT2D eigenvalue weighted by atomic mass is 32.2. The van der Waals surface area contributed by atoms with Crippen LogP contribution in [0.15, 0.2) is 0 Å². The third-order valence-electron chi connectivity index (χ3n) is 3.96. The van der Waals surface area contributed by atoms with E-state index in [9.17, 15) is 8.42 Å². The molecule has 0 unspecified atom stereocenters. The summed E-state index contributed by atoms with van der Waals surface area (Å²) in [7, 11) is -1.17. The van der Waals surface area contributed by atoms with Crippen molar-refractivity contribution in [2.24, 2.45) is 11.7 Å². The summed E-state index contributed by atoms with van der Waals surface area (Å²) in [6, 6.07) is 0. The first-order valence-electron chi connectivity index (χ1n) is 7.00.